The molecule has 9 nitrogen and oxygen atoms in total. The van der Waals surface area contributed by atoms with Gasteiger partial charge in [0.2, 0.25) is 0 Å². The zero-order valence-corrected chi connectivity index (χ0v) is 28.2. The smallest absolute Gasteiger partial charge is 0.335 e. The maximum atomic E-state index is 12.6. The van der Waals surface area contributed by atoms with Crippen LogP contribution in [0.5, 0.6) is 11.5 Å². The van der Waals surface area contributed by atoms with E-state index in [1.807, 2.05) is 91.0 Å². The number of carbonyl (C=O) groups is 2. The van der Waals surface area contributed by atoms with Crippen LogP contribution in [-0.4, -0.2) is 34.1 Å². The zero-order valence-electron chi connectivity index (χ0n) is 27.4. The molecule has 5 aromatic carbocycles. The van der Waals surface area contributed by atoms with Crippen molar-refractivity contribution in [1.29, 1.82) is 0 Å². The van der Waals surface area contributed by atoms with Gasteiger partial charge in [0.1, 0.15) is 11.5 Å². The van der Waals surface area contributed by atoms with Crippen molar-refractivity contribution in [2.75, 3.05) is 11.1 Å². The molecule has 1 aliphatic rings. The van der Waals surface area contributed by atoms with Crippen molar-refractivity contribution in [2.24, 2.45) is 5.92 Å². The molecular weight excluding hydrogens is 653 g/mol. The predicted molar refractivity (Wildman–Crippen MR) is 192 cm³/mol. The second-order valence-electron chi connectivity index (χ2n) is 12.0. The van der Waals surface area contributed by atoms with Crippen LogP contribution in [0.15, 0.2) is 132 Å². The number of aliphatic hydroxyl groups excluding tert-OH is 1. The van der Waals surface area contributed by atoms with Crippen LogP contribution >= 0.6 is 11.8 Å². The number of aromatic carboxylic acids is 1. The number of amides is 2. The third-order valence-electron chi connectivity index (χ3n) is 8.43. The topological polar surface area (TPSA) is 126 Å². The number of rotatable bonds is 12. The van der Waals surface area contributed by atoms with Gasteiger partial charge in [0, 0.05) is 34.4 Å². The summed E-state index contributed by atoms with van der Waals surface area (Å²) in [5, 5.41) is 24.5. The number of hydrogen-bond acceptors (Lipinski definition) is 7. The molecule has 0 unspecified atom stereocenters. The lowest BCUT2D eigenvalue weighted by Gasteiger charge is -2.41. The minimum Gasteiger partial charge on any atom is -0.478 e. The third-order valence-corrected chi connectivity index (χ3v) is 9.54. The molecule has 0 aromatic heterocycles. The van der Waals surface area contributed by atoms with Crippen LogP contribution in [-0.2, 0) is 22.6 Å². The molecule has 0 aliphatic carbocycles. The number of hydrogen-bond donors (Lipinski definition) is 4. The molecule has 0 spiro atoms. The van der Waals surface area contributed by atoms with Gasteiger partial charge in [0.05, 0.1) is 24.4 Å². The monoisotopic (exact) mass is 690 g/mol. The molecular formula is C40H38N2O7S. The van der Waals surface area contributed by atoms with Crippen LogP contribution in [0.25, 0.3) is 0 Å². The number of benzene rings is 5. The van der Waals surface area contributed by atoms with Crippen molar-refractivity contribution in [2.45, 2.75) is 43.5 Å². The Balaban J connectivity index is 1.07. The molecule has 4 N–H and O–H groups in total. The second kappa shape index (κ2) is 16.5. The number of nitrogens with one attached hydrogen (secondary N) is 2. The van der Waals surface area contributed by atoms with Crippen molar-refractivity contribution in [3.63, 3.8) is 0 Å². The fourth-order valence-corrected chi connectivity index (χ4v) is 6.63. The summed E-state index contributed by atoms with van der Waals surface area (Å²) in [6.07, 6.45) is -1.07. The van der Waals surface area contributed by atoms with Gasteiger partial charge in [-0.3, -0.25) is 0 Å². The summed E-state index contributed by atoms with van der Waals surface area (Å²) >= 11 is 1.61. The Bertz CT molecular complexity index is 1850. The molecule has 5 aromatic rings. The third kappa shape index (κ3) is 9.10. The molecule has 2 amide bonds. The van der Waals surface area contributed by atoms with Gasteiger partial charge >= 0.3 is 12.0 Å². The molecule has 256 valence electrons. The molecule has 1 aliphatic heterocycles. The van der Waals surface area contributed by atoms with E-state index in [0.717, 1.165) is 32.9 Å². The van der Waals surface area contributed by atoms with Crippen LogP contribution < -0.4 is 15.4 Å². The molecule has 1 saturated heterocycles. The van der Waals surface area contributed by atoms with E-state index in [4.69, 9.17) is 14.2 Å². The number of aliphatic hydroxyl groups is 1. The molecule has 0 bridgehead atoms. The van der Waals surface area contributed by atoms with Crippen molar-refractivity contribution in [3.8, 4) is 11.5 Å². The summed E-state index contributed by atoms with van der Waals surface area (Å²) < 4.78 is 18.9. The highest BCUT2D eigenvalue weighted by molar-refractivity contribution is 7.99. The molecule has 0 radical (unpaired) electrons. The Morgan fingerprint density at radius 1 is 0.760 bits per heavy atom. The predicted octanol–water partition coefficient (Wildman–Crippen LogP) is 8.57. The Morgan fingerprint density at radius 2 is 1.40 bits per heavy atom. The van der Waals surface area contributed by atoms with E-state index in [2.05, 4.69) is 17.6 Å². The lowest BCUT2D eigenvalue weighted by molar-refractivity contribution is -0.268. The number of para-hydroxylation sites is 1. The average molecular weight is 691 g/mol. The van der Waals surface area contributed by atoms with Crippen LogP contribution in [0.3, 0.4) is 0 Å². The van der Waals surface area contributed by atoms with Crippen molar-refractivity contribution >= 4 is 29.4 Å². The van der Waals surface area contributed by atoms with Crippen molar-refractivity contribution in [1.82, 2.24) is 5.32 Å². The molecule has 1 heterocycles. The largest absolute Gasteiger partial charge is 0.478 e. The maximum Gasteiger partial charge on any atom is 0.335 e. The fraction of sp³-hybridized carbons (Fsp3) is 0.200. The number of carbonyl (C=O) groups excluding carboxylic acids is 1. The maximum absolute atomic E-state index is 12.6. The van der Waals surface area contributed by atoms with Crippen LogP contribution in [0.2, 0.25) is 0 Å². The Morgan fingerprint density at radius 3 is 2.06 bits per heavy atom. The summed E-state index contributed by atoms with van der Waals surface area (Å²) in [4.78, 5) is 24.9. The van der Waals surface area contributed by atoms with Gasteiger partial charge in [-0.2, -0.15) is 0 Å². The normalized spacial score (nSPS) is 18.6. The van der Waals surface area contributed by atoms with E-state index in [0.29, 0.717) is 23.7 Å². The van der Waals surface area contributed by atoms with Gasteiger partial charge in [0.25, 0.3) is 0 Å². The number of urea groups is 1. The SMILES string of the molecule is C[C@H]1[C@@H](CSc2ccc(C(=O)O)cc2)O[C@@H](c2ccc(CNC(=O)Nc3ccc(Oc4ccccc4)cc3)cc2)O[C@H]1c1ccc(CO)cc1. The molecule has 0 saturated carbocycles. The Labute approximate surface area is 295 Å². The number of ether oxygens (including phenoxy) is 3. The first-order valence-corrected chi connectivity index (χ1v) is 17.3. The molecule has 4 atom stereocenters. The van der Waals surface area contributed by atoms with Crippen LogP contribution in [0.4, 0.5) is 10.5 Å². The summed E-state index contributed by atoms with van der Waals surface area (Å²) in [6, 6.07) is 38.7. The highest BCUT2D eigenvalue weighted by Gasteiger charge is 2.38. The van der Waals surface area contributed by atoms with Gasteiger partial charge < -0.3 is 35.1 Å². The van der Waals surface area contributed by atoms with E-state index in [1.54, 1.807) is 48.2 Å². The van der Waals surface area contributed by atoms with E-state index < -0.39 is 12.3 Å². The Hall–Kier alpha value is -5.13. The number of thioether (sulfide) groups is 1. The first-order valence-electron chi connectivity index (χ1n) is 16.3. The number of carboxylic acid groups (broad SMARTS) is 1. The minimum absolute atomic E-state index is 0.00611. The van der Waals surface area contributed by atoms with Crippen molar-refractivity contribution in [3.05, 3.63) is 155 Å². The highest BCUT2D eigenvalue weighted by Crippen LogP contribution is 2.43. The van der Waals surface area contributed by atoms with Gasteiger partial charge in [-0.1, -0.05) is 73.7 Å². The first kappa shape index (κ1) is 34.7. The van der Waals surface area contributed by atoms with Gasteiger partial charge in [-0.05, 0) is 77.4 Å². The number of carboxylic acids is 1. The van der Waals surface area contributed by atoms with E-state index in [9.17, 15) is 19.8 Å². The van der Waals surface area contributed by atoms with Gasteiger partial charge in [0.15, 0.2) is 6.29 Å². The fourth-order valence-electron chi connectivity index (χ4n) is 5.56. The molecule has 10 heteroatoms. The van der Waals surface area contributed by atoms with Crippen LogP contribution in [0.1, 0.15) is 51.9 Å². The van der Waals surface area contributed by atoms with Gasteiger partial charge in [-0.25, -0.2) is 9.59 Å². The van der Waals surface area contributed by atoms with E-state index in [1.165, 1.54) is 0 Å². The van der Waals surface area contributed by atoms with Crippen molar-refractivity contribution < 1.29 is 34.0 Å². The first-order chi connectivity index (χ1) is 24.3. The summed E-state index contributed by atoms with van der Waals surface area (Å²) in [6.45, 7) is 2.39. The highest BCUT2D eigenvalue weighted by atomic mass is 32.2. The standard InChI is InChI=1S/C40H38N2O7S/c1-26-36(25-50-35-21-15-30(16-22-35)38(44)45)48-39(49-37(26)29-11-9-28(24-43)10-12-29)31-13-7-27(8-14-31)23-41-40(46)42-32-17-19-34(20-18-32)47-33-5-3-2-4-6-33/h2-22,26,36-37,39,43H,23-25H2,1H3,(H,44,45)(H2,41,42,46)/t26-,36+,37+,39+/m0/s1. The molecule has 1 fully saturated rings. The van der Waals surface area contributed by atoms with Crippen LogP contribution in [0, 0.1) is 5.92 Å². The Kier molecular flexibility index (Phi) is 11.5. The number of anilines is 1. The molecule has 6 rings (SSSR count). The van der Waals surface area contributed by atoms with E-state index >= 15 is 0 Å². The zero-order chi connectivity index (χ0) is 34.9. The molecule has 50 heavy (non-hydrogen) atoms. The summed E-state index contributed by atoms with van der Waals surface area (Å²) in [5.74, 6) is 1.10. The lowest BCUT2D eigenvalue weighted by atomic mass is 9.91. The second-order valence-corrected chi connectivity index (χ2v) is 13.0. The minimum atomic E-state index is -0.956. The quantitative estimate of drug-likeness (QED) is 0.0960. The summed E-state index contributed by atoms with van der Waals surface area (Å²) in [7, 11) is 0. The van der Waals surface area contributed by atoms with Gasteiger partial charge in [-0.15, -0.1) is 11.8 Å². The average Bonchev–Trinajstić information content (AvgIpc) is 3.15. The lowest BCUT2D eigenvalue weighted by Crippen LogP contribution is -2.38. The van der Waals surface area contributed by atoms with E-state index in [-0.39, 0.29) is 36.3 Å². The summed E-state index contributed by atoms with van der Waals surface area (Å²) in [5.41, 5.74) is 4.47.